The maximum atomic E-state index is 5.78. The molecule has 0 saturated carbocycles. The largest absolute Gasteiger partial charge is 0.476 e. The molecule has 5 nitrogen and oxygen atoms in total. The fourth-order valence-electron chi connectivity index (χ4n) is 1.45. The summed E-state index contributed by atoms with van der Waals surface area (Å²) in [7, 11) is 1.97. The Bertz CT molecular complexity index is 369. The summed E-state index contributed by atoms with van der Waals surface area (Å²) < 4.78 is 10.9. The third-order valence-electron chi connectivity index (χ3n) is 2.43. The lowest BCUT2D eigenvalue weighted by atomic mass is 10.3. The zero-order valence-corrected chi connectivity index (χ0v) is 11.6. The van der Waals surface area contributed by atoms with Gasteiger partial charge in [0.15, 0.2) is 0 Å². The summed E-state index contributed by atoms with van der Waals surface area (Å²) in [6.07, 6.45) is 0.247. The summed E-state index contributed by atoms with van der Waals surface area (Å²) in [6, 6.07) is 3.69. The zero-order chi connectivity index (χ0) is 13.5. The molecule has 0 bridgehead atoms. The number of anilines is 2. The quantitative estimate of drug-likeness (QED) is 0.804. The van der Waals surface area contributed by atoms with Gasteiger partial charge in [0.25, 0.3) is 0 Å². The Kier molecular flexibility index (Phi) is 5.71. The van der Waals surface area contributed by atoms with E-state index in [-0.39, 0.29) is 6.10 Å². The van der Waals surface area contributed by atoms with Gasteiger partial charge in [0.2, 0.25) is 5.88 Å². The molecule has 0 atom stereocenters. The SMILES string of the molecule is CCOc1nc(N(C)CCOC(C)C)ccc1N. The number of ether oxygens (including phenoxy) is 2. The maximum Gasteiger partial charge on any atom is 0.239 e. The molecule has 0 aliphatic heterocycles. The average Bonchev–Trinajstić information content (AvgIpc) is 2.31. The number of aromatic nitrogens is 1. The fourth-order valence-corrected chi connectivity index (χ4v) is 1.45. The number of rotatable bonds is 7. The first-order valence-electron chi connectivity index (χ1n) is 6.26. The standard InChI is InChI=1S/C13H23N3O2/c1-5-17-13-11(14)6-7-12(15-13)16(4)8-9-18-10(2)3/h6-7,10H,5,8-9,14H2,1-4H3. The molecule has 0 fully saturated rings. The molecule has 0 unspecified atom stereocenters. The molecule has 1 heterocycles. The van der Waals surface area contributed by atoms with Crippen molar-refractivity contribution in [2.24, 2.45) is 0 Å². The lowest BCUT2D eigenvalue weighted by Gasteiger charge is -2.20. The number of hydrogen-bond donors (Lipinski definition) is 1. The smallest absolute Gasteiger partial charge is 0.239 e. The number of likely N-dealkylation sites (N-methyl/N-ethyl adjacent to an activating group) is 1. The second-order valence-electron chi connectivity index (χ2n) is 4.34. The second kappa shape index (κ2) is 7.06. The topological polar surface area (TPSA) is 60.6 Å². The van der Waals surface area contributed by atoms with E-state index < -0.39 is 0 Å². The molecule has 0 spiro atoms. The molecule has 102 valence electrons. The van der Waals surface area contributed by atoms with Gasteiger partial charge in [-0.05, 0) is 32.9 Å². The lowest BCUT2D eigenvalue weighted by molar-refractivity contribution is 0.0845. The van der Waals surface area contributed by atoms with Gasteiger partial charge in [-0.3, -0.25) is 0 Å². The van der Waals surface area contributed by atoms with Crippen LogP contribution in [-0.2, 0) is 4.74 Å². The van der Waals surface area contributed by atoms with Crippen LogP contribution in [0.25, 0.3) is 0 Å². The summed E-state index contributed by atoms with van der Waals surface area (Å²) in [6.45, 7) is 7.96. The van der Waals surface area contributed by atoms with Crippen LogP contribution in [0.3, 0.4) is 0 Å². The number of pyridine rings is 1. The van der Waals surface area contributed by atoms with Crippen LogP contribution >= 0.6 is 0 Å². The van der Waals surface area contributed by atoms with Gasteiger partial charge in [0, 0.05) is 13.6 Å². The molecule has 5 heteroatoms. The van der Waals surface area contributed by atoms with Crippen molar-refractivity contribution >= 4 is 11.5 Å². The van der Waals surface area contributed by atoms with Crippen molar-refractivity contribution < 1.29 is 9.47 Å². The van der Waals surface area contributed by atoms with Crippen molar-refractivity contribution in [2.45, 2.75) is 26.9 Å². The van der Waals surface area contributed by atoms with E-state index in [0.717, 1.165) is 12.4 Å². The van der Waals surface area contributed by atoms with E-state index in [1.807, 2.05) is 44.9 Å². The van der Waals surface area contributed by atoms with Gasteiger partial charge in [-0.2, -0.15) is 4.98 Å². The molecule has 0 amide bonds. The van der Waals surface area contributed by atoms with Crippen LogP contribution in [0.15, 0.2) is 12.1 Å². The van der Waals surface area contributed by atoms with E-state index in [4.69, 9.17) is 15.2 Å². The number of nitrogens with two attached hydrogens (primary N) is 1. The minimum absolute atomic E-state index is 0.247. The normalized spacial score (nSPS) is 10.7. The van der Waals surface area contributed by atoms with Crippen LogP contribution in [0.1, 0.15) is 20.8 Å². The molecule has 2 N–H and O–H groups in total. The van der Waals surface area contributed by atoms with Crippen LogP contribution in [-0.4, -0.2) is 37.9 Å². The molecule has 1 rings (SSSR count). The Morgan fingerprint density at radius 3 is 2.72 bits per heavy atom. The zero-order valence-electron chi connectivity index (χ0n) is 11.6. The Balaban J connectivity index is 2.62. The maximum absolute atomic E-state index is 5.78. The lowest BCUT2D eigenvalue weighted by Crippen LogP contribution is -2.24. The molecule has 18 heavy (non-hydrogen) atoms. The van der Waals surface area contributed by atoms with Crippen molar-refractivity contribution in [1.82, 2.24) is 4.98 Å². The van der Waals surface area contributed by atoms with Gasteiger partial charge in [0.1, 0.15) is 5.82 Å². The first-order chi connectivity index (χ1) is 8.54. The van der Waals surface area contributed by atoms with Gasteiger partial charge in [-0.15, -0.1) is 0 Å². The van der Waals surface area contributed by atoms with E-state index in [2.05, 4.69) is 4.98 Å². The molecule has 1 aromatic heterocycles. The van der Waals surface area contributed by atoms with Crippen LogP contribution < -0.4 is 15.4 Å². The fraction of sp³-hybridized carbons (Fsp3) is 0.615. The summed E-state index contributed by atoms with van der Waals surface area (Å²) in [5.74, 6) is 1.33. The predicted molar refractivity (Wildman–Crippen MR) is 74.2 cm³/mol. The Labute approximate surface area is 109 Å². The van der Waals surface area contributed by atoms with Crippen molar-refractivity contribution in [3.63, 3.8) is 0 Å². The average molecular weight is 253 g/mol. The molecule has 0 radical (unpaired) electrons. The first kappa shape index (κ1) is 14.6. The van der Waals surface area contributed by atoms with Gasteiger partial charge in [-0.1, -0.05) is 0 Å². The molecular formula is C13H23N3O2. The van der Waals surface area contributed by atoms with E-state index in [9.17, 15) is 0 Å². The van der Waals surface area contributed by atoms with Gasteiger partial charge < -0.3 is 20.1 Å². The van der Waals surface area contributed by atoms with E-state index in [1.54, 1.807) is 0 Å². The number of hydrogen-bond acceptors (Lipinski definition) is 5. The Hall–Kier alpha value is -1.49. The van der Waals surface area contributed by atoms with Crippen LogP contribution in [0.5, 0.6) is 5.88 Å². The summed E-state index contributed by atoms with van der Waals surface area (Å²) in [5, 5.41) is 0. The highest BCUT2D eigenvalue weighted by Crippen LogP contribution is 2.22. The van der Waals surface area contributed by atoms with Gasteiger partial charge in [-0.25, -0.2) is 0 Å². The molecule has 0 aliphatic carbocycles. The molecular weight excluding hydrogens is 230 g/mol. The van der Waals surface area contributed by atoms with E-state index >= 15 is 0 Å². The van der Waals surface area contributed by atoms with Gasteiger partial charge in [0.05, 0.1) is 25.0 Å². The minimum atomic E-state index is 0.247. The molecule has 0 saturated heterocycles. The van der Waals surface area contributed by atoms with Crippen LogP contribution in [0.4, 0.5) is 11.5 Å². The Morgan fingerprint density at radius 1 is 1.39 bits per heavy atom. The van der Waals surface area contributed by atoms with E-state index in [0.29, 0.717) is 24.8 Å². The second-order valence-corrected chi connectivity index (χ2v) is 4.34. The van der Waals surface area contributed by atoms with Gasteiger partial charge >= 0.3 is 0 Å². The minimum Gasteiger partial charge on any atom is -0.476 e. The third-order valence-corrected chi connectivity index (χ3v) is 2.43. The highest BCUT2D eigenvalue weighted by atomic mass is 16.5. The first-order valence-corrected chi connectivity index (χ1v) is 6.26. The van der Waals surface area contributed by atoms with Crippen molar-refractivity contribution in [3.8, 4) is 5.88 Å². The predicted octanol–water partition coefficient (Wildman–Crippen LogP) is 1.92. The molecule has 1 aromatic rings. The summed E-state index contributed by atoms with van der Waals surface area (Å²) in [5.41, 5.74) is 6.35. The summed E-state index contributed by atoms with van der Waals surface area (Å²) >= 11 is 0. The van der Waals surface area contributed by atoms with E-state index in [1.165, 1.54) is 0 Å². The third kappa shape index (κ3) is 4.41. The number of nitrogens with zero attached hydrogens (tertiary/aromatic N) is 2. The molecule has 0 aromatic carbocycles. The highest BCUT2D eigenvalue weighted by molar-refractivity contribution is 5.54. The molecule has 0 aliphatic rings. The number of nitrogen functional groups attached to an aromatic ring is 1. The monoisotopic (exact) mass is 253 g/mol. The highest BCUT2D eigenvalue weighted by Gasteiger charge is 2.07. The van der Waals surface area contributed by atoms with Crippen LogP contribution in [0.2, 0.25) is 0 Å². The van der Waals surface area contributed by atoms with Crippen LogP contribution in [0, 0.1) is 0 Å². The Morgan fingerprint density at radius 2 is 2.11 bits per heavy atom. The van der Waals surface area contributed by atoms with Crippen molar-refractivity contribution in [2.75, 3.05) is 37.4 Å². The summed E-state index contributed by atoms with van der Waals surface area (Å²) in [4.78, 5) is 6.40. The van der Waals surface area contributed by atoms with Crippen molar-refractivity contribution in [1.29, 1.82) is 0 Å². The van der Waals surface area contributed by atoms with Crippen molar-refractivity contribution in [3.05, 3.63) is 12.1 Å².